The zero-order valence-electron chi connectivity index (χ0n) is 13.7. The first-order chi connectivity index (χ1) is 10.6. The van der Waals surface area contributed by atoms with Gasteiger partial charge in [-0.15, -0.1) is 0 Å². The highest BCUT2D eigenvalue weighted by Crippen LogP contribution is 2.41. The van der Waals surface area contributed by atoms with Gasteiger partial charge in [0, 0.05) is 32.8 Å². The van der Waals surface area contributed by atoms with Gasteiger partial charge in [-0.05, 0) is 44.9 Å². The van der Waals surface area contributed by atoms with Gasteiger partial charge in [-0.2, -0.15) is 0 Å². The SMILES string of the molecule is CCOCCC(=O)N1CC[C@]2(CCCN(CC3CC3)C2=O)C1. The van der Waals surface area contributed by atoms with Crippen molar-refractivity contribution >= 4 is 11.8 Å². The molecular weight excluding hydrogens is 280 g/mol. The van der Waals surface area contributed by atoms with Crippen LogP contribution in [0.15, 0.2) is 0 Å². The lowest BCUT2D eigenvalue weighted by Crippen LogP contribution is -2.51. The van der Waals surface area contributed by atoms with Crippen LogP contribution in [0.4, 0.5) is 0 Å². The van der Waals surface area contributed by atoms with E-state index in [0.717, 1.165) is 44.8 Å². The first-order valence-corrected chi connectivity index (χ1v) is 8.79. The van der Waals surface area contributed by atoms with Gasteiger partial charge in [0.25, 0.3) is 0 Å². The van der Waals surface area contributed by atoms with E-state index in [0.29, 0.717) is 32.1 Å². The minimum Gasteiger partial charge on any atom is -0.381 e. The van der Waals surface area contributed by atoms with Crippen molar-refractivity contribution in [3.63, 3.8) is 0 Å². The summed E-state index contributed by atoms with van der Waals surface area (Å²) in [7, 11) is 0. The van der Waals surface area contributed by atoms with Crippen LogP contribution in [0.2, 0.25) is 0 Å². The van der Waals surface area contributed by atoms with Gasteiger partial charge in [0.2, 0.25) is 11.8 Å². The summed E-state index contributed by atoms with van der Waals surface area (Å²) < 4.78 is 5.27. The molecule has 0 aromatic rings. The van der Waals surface area contributed by atoms with E-state index in [1.54, 1.807) is 0 Å². The van der Waals surface area contributed by atoms with Crippen LogP contribution < -0.4 is 0 Å². The molecule has 124 valence electrons. The maximum Gasteiger partial charge on any atom is 0.230 e. The highest BCUT2D eigenvalue weighted by Gasteiger charge is 2.49. The van der Waals surface area contributed by atoms with Gasteiger partial charge in [0.15, 0.2) is 0 Å². The number of piperidine rings is 1. The summed E-state index contributed by atoms with van der Waals surface area (Å²) >= 11 is 0. The number of amides is 2. The van der Waals surface area contributed by atoms with E-state index in [2.05, 4.69) is 4.90 Å². The normalized spacial score (nSPS) is 28.7. The molecule has 22 heavy (non-hydrogen) atoms. The summed E-state index contributed by atoms with van der Waals surface area (Å²) in [6.07, 6.45) is 5.86. The minimum atomic E-state index is -0.283. The van der Waals surface area contributed by atoms with E-state index in [-0.39, 0.29) is 11.3 Å². The molecule has 2 aliphatic heterocycles. The Morgan fingerprint density at radius 3 is 2.86 bits per heavy atom. The Kier molecular flexibility index (Phi) is 4.71. The molecule has 5 heteroatoms. The summed E-state index contributed by atoms with van der Waals surface area (Å²) in [5.41, 5.74) is -0.283. The van der Waals surface area contributed by atoms with Crippen LogP contribution in [0.5, 0.6) is 0 Å². The molecule has 0 aromatic carbocycles. The number of hydrogen-bond donors (Lipinski definition) is 0. The van der Waals surface area contributed by atoms with Gasteiger partial charge in [-0.3, -0.25) is 9.59 Å². The molecule has 5 nitrogen and oxygen atoms in total. The fraction of sp³-hybridized carbons (Fsp3) is 0.882. The molecule has 0 radical (unpaired) electrons. The molecule has 1 aliphatic carbocycles. The van der Waals surface area contributed by atoms with Crippen molar-refractivity contribution in [3.05, 3.63) is 0 Å². The van der Waals surface area contributed by atoms with Crippen LogP contribution >= 0.6 is 0 Å². The van der Waals surface area contributed by atoms with E-state index in [1.165, 1.54) is 12.8 Å². The van der Waals surface area contributed by atoms with E-state index >= 15 is 0 Å². The number of nitrogens with zero attached hydrogens (tertiary/aromatic N) is 2. The zero-order chi connectivity index (χ0) is 15.6. The average Bonchev–Trinajstić information content (AvgIpc) is 3.22. The van der Waals surface area contributed by atoms with Crippen molar-refractivity contribution < 1.29 is 14.3 Å². The van der Waals surface area contributed by atoms with Crippen LogP contribution in [0.3, 0.4) is 0 Å². The van der Waals surface area contributed by atoms with Crippen molar-refractivity contribution in [3.8, 4) is 0 Å². The molecule has 2 amide bonds. The molecule has 3 fully saturated rings. The second-order valence-corrected chi connectivity index (χ2v) is 7.09. The van der Waals surface area contributed by atoms with Crippen molar-refractivity contribution in [2.45, 2.75) is 45.4 Å². The fourth-order valence-electron chi connectivity index (χ4n) is 3.86. The van der Waals surface area contributed by atoms with Gasteiger partial charge in [-0.1, -0.05) is 0 Å². The lowest BCUT2D eigenvalue weighted by molar-refractivity contribution is -0.146. The number of carbonyl (C=O) groups is 2. The summed E-state index contributed by atoms with van der Waals surface area (Å²) in [6, 6.07) is 0. The summed E-state index contributed by atoms with van der Waals surface area (Å²) in [5.74, 6) is 1.19. The van der Waals surface area contributed by atoms with E-state index < -0.39 is 0 Å². The molecule has 1 spiro atoms. The Balaban J connectivity index is 1.56. The molecule has 0 unspecified atom stereocenters. The summed E-state index contributed by atoms with van der Waals surface area (Å²) in [4.78, 5) is 29.1. The molecule has 0 aromatic heterocycles. The summed E-state index contributed by atoms with van der Waals surface area (Å²) in [6.45, 7) is 6.27. The number of ether oxygens (including phenoxy) is 1. The molecule has 3 aliphatic rings. The number of rotatable bonds is 6. The Hall–Kier alpha value is -1.10. The Morgan fingerprint density at radius 1 is 1.32 bits per heavy atom. The first kappa shape index (κ1) is 15.8. The average molecular weight is 308 g/mol. The van der Waals surface area contributed by atoms with Crippen molar-refractivity contribution in [2.75, 3.05) is 39.4 Å². The van der Waals surface area contributed by atoms with Gasteiger partial charge in [0.1, 0.15) is 0 Å². The highest BCUT2D eigenvalue weighted by atomic mass is 16.5. The first-order valence-electron chi connectivity index (χ1n) is 8.79. The molecule has 1 atom stereocenters. The topological polar surface area (TPSA) is 49.9 Å². The monoisotopic (exact) mass is 308 g/mol. The predicted molar refractivity (Wildman–Crippen MR) is 83.3 cm³/mol. The van der Waals surface area contributed by atoms with Crippen LogP contribution in [0.1, 0.15) is 45.4 Å². The van der Waals surface area contributed by atoms with Crippen LogP contribution in [0, 0.1) is 11.3 Å². The second-order valence-electron chi connectivity index (χ2n) is 7.09. The smallest absolute Gasteiger partial charge is 0.230 e. The molecule has 0 N–H and O–H groups in total. The molecule has 2 saturated heterocycles. The predicted octanol–water partition coefficient (Wildman–Crippen LogP) is 1.66. The number of likely N-dealkylation sites (tertiary alicyclic amines) is 2. The van der Waals surface area contributed by atoms with Gasteiger partial charge < -0.3 is 14.5 Å². The quantitative estimate of drug-likeness (QED) is 0.701. The highest BCUT2D eigenvalue weighted by molar-refractivity contribution is 5.86. The third-order valence-corrected chi connectivity index (χ3v) is 5.37. The maximum absolute atomic E-state index is 12.9. The van der Waals surface area contributed by atoms with Crippen molar-refractivity contribution in [1.29, 1.82) is 0 Å². The number of hydrogen-bond acceptors (Lipinski definition) is 3. The van der Waals surface area contributed by atoms with Gasteiger partial charge in [-0.25, -0.2) is 0 Å². The largest absolute Gasteiger partial charge is 0.381 e. The van der Waals surface area contributed by atoms with Gasteiger partial charge >= 0.3 is 0 Å². The molecular formula is C17H28N2O3. The van der Waals surface area contributed by atoms with Crippen LogP contribution in [-0.4, -0.2) is 61.0 Å². The Morgan fingerprint density at radius 2 is 2.14 bits per heavy atom. The van der Waals surface area contributed by atoms with Gasteiger partial charge in [0.05, 0.1) is 18.4 Å². The molecule has 1 saturated carbocycles. The lowest BCUT2D eigenvalue weighted by Gasteiger charge is -2.39. The standard InChI is InChI=1S/C17H28N2O3/c1-2-22-11-6-15(20)19-10-8-17(13-19)7-3-9-18(16(17)21)12-14-4-5-14/h14H,2-13H2,1H3/t17-/m1/s1. The van der Waals surface area contributed by atoms with E-state index in [4.69, 9.17) is 4.74 Å². The maximum atomic E-state index is 12.9. The Bertz CT molecular complexity index is 436. The fourth-order valence-corrected chi connectivity index (χ4v) is 3.86. The summed E-state index contributed by atoms with van der Waals surface area (Å²) in [5, 5.41) is 0. The third-order valence-electron chi connectivity index (χ3n) is 5.37. The molecule has 3 rings (SSSR count). The third kappa shape index (κ3) is 3.29. The van der Waals surface area contributed by atoms with Crippen molar-refractivity contribution in [2.24, 2.45) is 11.3 Å². The minimum absolute atomic E-state index is 0.137. The zero-order valence-corrected chi connectivity index (χ0v) is 13.7. The van der Waals surface area contributed by atoms with E-state index in [1.807, 2.05) is 11.8 Å². The van der Waals surface area contributed by atoms with Crippen LogP contribution in [0.25, 0.3) is 0 Å². The molecule has 2 heterocycles. The Labute approximate surface area is 133 Å². The lowest BCUT2D eigenvalue weighted by atomic mass is 9.78. The van der Waals surface area contributed by atoms with E-state index in [9.17, 15) is 9.59 Å². The molecule has 0 bridgehead atoms. The number of carbonyl (C=O) groups excluding carboxylic acids is 2. The second kappa shape index (κ2) is 6.57. The van der Waals surface area contributed by atoms with Crippen molar-refractivity contribution in [1.82, 2.24) is 9.80 Å². The van der Waals surface area contributed by atoms with Crippen LogP contribution in [-0.2, 0) is 14.3 Å².